The fraction of sp³-hybridized carbons (Fsp3) is 0.353. The van der Waals surface area contributed by atoms with Crippen LogP contribution in [0.5, 0.6) is 0 Å². The van der Waals surface area contributed by atoms with Gasteiger partial charge in [0.25, 0.3) is 11.5 Å². The number of rotatable bonds is 4. The molecule has 1 aromatic heterocycles. The van der Waals surface area contributed by atoms with Crippen molar-refractivity contribution in [2.24, 2.45) is 5.92 Å². The van der Waals surface area contributed by atoms with Crippen molar-refractivity contribution in [1.82, 2.24) is 14.7 Å². The van der Waals surface area contributed by atoms with Crippen LogP contribution in [0.25, 0.3) is 0 Å². The molecule has 1 amide bonds. The first-order valence-corrected chi connectivity index (χ1v) is 7.64. The second-order valence-electron chi connectivity index (χ2n) is 5.76. The van der Waals surface area contributed by atoms with Gasteiger partial charge in [-0.2, -0.15) is 5.10 Å². The molecule has 0 radical (unpaired) electrons. The van der Waals surface area contributed by atoms with Crippen LogP contribution in [-0.2, 0) is 6.54 Å². The van der Waals surface area contributed by atoms with Crippen LogP contribution in [0.1, 0.15) is 22.5 Å². The maximum Gasteiger partial charge on any atom is 0.274 e. The Balaban J connectivity index is 1.80. The molecule has 0 bridgehead atoms. The van der Waals surface area contributed by atoms with E-state index in [0.717, 1.165) is 5.56 Å². The minimum Gasteiger partial charge on any atom is -0.337 e. The predicted octanol–water partition coefficient (Wildman–Crippen LogP) is 1.72. The molecular formula is C17H18FN3O2. The standard InChI is InChI=1S/C17H18FN3O2/c18-10-14-8-9-20(11-14)17(23)15-6-7-16(22)21(19-15)12-13-4-2-1-3-5-13/h1-7,14H,8-12H2. The first-order valence-electron chi connectivity index (χ1n) is 7.64. The van der Waals surface area contributed by atoms with Gasteiger partial charge in [0.1, 0.15) is 5.69 Å². The van der Waals surface area contributed by atoms with Crippen LogP contribution < -0.4 is 5.56 Å². The highest BCUT2D eigenvalue weighted by molar-refractivity contribution is 5.92. The summed E-state index contributed by atoms with van der Waals surface area (Å²) in [6.07, 6.45) is 0.673. The summed E-state index contributed by atoms with van der Waals surface area (Å²) < 4.78 is 14.0. The van der Waals surface area contributed by atoms with E-state index in [4.69, 9.17) is 0 Å². The molecule has 120 valence electrons. The summed E-state index contributed by atoms with van der Waals surface area (Å²) in [6, 6.07) is 12.3. The first kappa shape index (κ1) is 15.4. The molecule has 5 nitrogen and oxygen atoms in total. The second-order valence-corrected chi connectivity index (χ2v) is 5.76. The summed E-state index contributed by atoms with van der Waals surface area (Å²) in [7, 11) is 0. The highest BCUT2D eigenvalue weighted by Crippen LogP contribution is 2.18. The largest absolute Gasteiger partial charge is 0.337 e. The maximum atomic E-state index is 12.7. The number of hydrogen-bond acceptors (Lipinski definition) is 3. The molecule has 2 heterocycles. The van der Waals surface area contributed by atoms with Crippen molar-refractivity contribution in [3.05, 3.63) is 64.1 Å². The SMILES string of the molecule is O=C(c1ccc(=O)n(Cc2ccccc2)n1)N1CCC(CF)C1. The van der Waals surface area contributed by atoms with Crippen molar-refractivity contribution >= 4 is 5.91 Å². The smallest absolute Gasteiger partial charge is 0.274 e. The van der Waals surface area contributed by atoms with E-state index in [1.165, 1.54) is 16.8 Å². The molecule has 2 aromatic rings. The zero-order valence-electron chi connectivity index (χ0n) is 12.7. The van der Waals surface area contributed by atoms with E-state index in [0.29, 0.717) is 26.1 Å². The Hall–Kier alpha value is -2.50. The lowest BCUT2D eigenvalue weighted by Gasteiger charge is -2.16. The predicted molar refractivity (Wildman–Crippen MR) is 84.0 cm³/mol. The van der Waals surface area contributed by atoms with E-state index in [-0.39, 0.29) is 23.1 Å². The van der Waals surface area contributed by atoms with Gasteiger partial charge < -0.3 is 4.90 Å². The van der Waals surface area contributed by atoms with E-state index in [2.05, 4.69) is 5.10 Å². The van der Waals surface area contributed by atoms with Crippen molar-refractivity contribution in [2.75, 3.05) is 19.8 Å². The minimum atomic E-state index is -0.412. The molecule has 0 spiro atoms. The third kappa shape index (κ3) is 3.47. The maximum absolute atomic E-state index is 12.7. The lowest BCUT2D eigenvalue weighted by molar-refractivity contribution is 0.0777. The van der Waals surface area contributed by atoms with Gasteiger partial charge in [-0.25, -0.2) is 4.68 Å². The molecule has 1 aliphatic heterocycles. The van der Waals surface area contributed by atoms with Crippen molar-refractivity contribution in [3.8, 4) is 0 Å². The molecule has 1 unspecified atom stereocenters. The van der Waals surface area contributed by atoms with E-state index in [9.17, 15) is 14.0 Å². The van der Waals surface area contributed by atoms with Crippen molar-refractivity contribution in [3.63, 3.8) is 0 Å². The topological polar surface area (TPSA) is 55.2 Å². The number of alkyl halides is 1. The third-order valence-corrected chi connectivity index (χ3v) is 4.05. The summed E-state index contributed by atoms with van der Waals surface area (Å²) in [5.74, 6) is -0.336. The Labute approximate surface area is 133 Å². The molecule has 3 rings (SSSR count). The fourth-order valence-electron chi connectivity index (χ4n) is 2.74. The highest BCUT2D eigenvalue weighted by atomic mass is 19.1. The van der Waals surface area contributed by atoms with E-state index in [1.807, 2.05) is 30.3 Å². The molecule has 1 aromatic carbocycles. The third-order valence-electron chi connectivity index (χ3n) is 4.05. The average molecular weight is 315 g/mol. The van der Waals surface area contributed by atoms with Gasteiger partial charge in [0.15, 0.2) is 0 Å². The molecule has 0 aliphatic carbocycles. The summed E-state index contributed by atoms with van der Waals surface area (Å²) in [6.45, 7) is 0.848. The molecule has 23 heavy (non-hydrogen) atoms. The van der Waals surface area contributed by atoms with Crippen LogP contribution in [-0.4, -0.2) is 40.4 Å². The first-order chi connectivity index (χ1) is 11.2. The summed E-state index contributed by atoms with van der Waals surface area (Å²) in [4.78, 5) is 26.0. The highest BCUT2D eigenvalue weighted by Gasteiger charge is 2.27. The molecule has 1 aliphatic rings. The van der Waals surface area contributed by atoms with Gasteiger partial charge in [-0.05, 0) is 18.1 Å². The zero-order chi connectivity index (χ0) is 16.2. The van der Waals surface area contributed by atoms with E-state index < -0.39 is 6.67 Å². The monoisotopic (exact) mass is 315 g/mol. The van der Waals surface area contributed by atoms with Gasteiger partial charge in [-0.3, -0.25) is 14.0 Å². The van der Waals surface area contributed by atoms with Crippen LogP contribution in [0, 0.1) is 5.92 Å². The Kier molecular flexibility index (Phi) is 4.50. The average Bonchev–Trinajstić information content (AvgIpc) is 3.06. The van der Waals surface area contributed by atoms with Gasteiger partial charge in [0.2, 0.25) is 0 Å². The summed E-state index contributed by atoms with van der Waals surface area (Å²) in [5, 5.41) is 4.18. The van der Waals surface area contributed by atoms with Crippen molar-refractivity contribution < 1.29 is 9.18 Å². The quantitative estimate of drug-likeness (QED) is 0.863. The number of nitrogens with zero attached hydrogens (tertiary/aromatic N) is 3. The molecule has 1 saturated heterocycles. The van der Waals surface area contributed by atoms with Gasteiger partial charge >= 0.3 is 0 Å². The van der Waals surface area contributed by atoms with Gasteiger partial charge in [-0.15, -0.1) is 0 Å². The lowest BCUT2D eigenvalue weighted by atomic mass is 10.1. The minimum absolute atomic E-state index is 0.0887. The number of carbonyl (C=O) groups excluding carboxylic acids is 1. The van der Waals surface area contributed by atoms with Crippen LogP contribution in [0.2, 0.25) is 0 Å². The molecule has 1 fully saturated rings. The van der Waals surface area contributed by atoms with E-state index >= 15 is 0 Å². The molecule has 6 heteroatoms. The van der Waals surface area contributed by atoms with Crippen LogP contribution in [0.15, 0.2) is 47.3 Å². The molecule has 0 N–H and O–H groups in total. The number of halogens is 1. The molecule has 0 saturated carbocycles. The Morgan fingerprint density at radius 3 is 2.70 bits per heavy atom. The summed E-state index contributed by atoms with van der Waals surface area (Å²) >= 11 is 0. The number of carbonyl (C=O) groups is 1. The summed E-state index contributed by atoms with van der Waals surface area (Å²) in [5.41, 5.74) is 0.902. The lowest BCUT2D eigenvalue weighted by Crippen LogP contribution is -2.32. The number of benzene rings is 1. The van der Waals surface area contributed by atoms with Crippen LogP contribution in [0.3, 0.4) is 0 Å². The number of hydrogen-bond donors (Lipinski definition) is 0. The van der Waals surface area contributed by atoms with Crippen LogP contribution >= 0.6 is 0 Å². The van der Waals surface area contributed by atoms with Gasteiger partial charge in [-0.1, -0.05) is 30.3 Å². The zero-order valence-corrected chi connectivity index (χ0v) is 12.7. The number of aromatic nitrogens is 2. The van der Waals surface area contributed by atoms with Gasteiger partial charge in [0.05, 0.1) is 13.2 Å². The normalized spacial score (nSPS) is 17.4. The number of amides is 1. The molecule has 1 atom stereocenters. The van der Waals surface area contributed by atoms with Crippen molar-refractivity contribution in [1.29, 1.82) is 0 Å². The Morgan fingerprint density at radius 1 is 1.22 bits per heavy atom. The Morgan fingerprint density at radius 2 is 2.00 bits per heavy atom. The molecular weight excluding hydrogens is 297 g/mol. The van der Waals surface area contributed by atoms with Crippen LogP contribution in [0.4, 0.5) is 4.39 Å². The fourth-order valence-corrected chi connectivity index (χ4v) is 2.74. The number of likely N-dealkylation sites (tertiary alicyclic amines) is 1. The van der Waals surface area contributed by atoms with Crippen molar-refractivity contribution in [2.45, 2.75) is 13.0 Å². The second kappa shape index (κ2) is 6.73. The van der Waals surface area contributed by atoms with E-state index in [1.54, 1.807) is 4.90 Å². The Bertz CT molecular complexity index is 745. The van der Waals surface area contributed by atoms with Gasteiger partial charge in [0, 0.05) is 25.1 Å².